The minimum Gasteiger partial charge on any atom is -0.300 e. The molecule has 0 aliphatic carbocycles. The van der Waals surface area contributed by atoms with Crippen molar-refractivity contribution in [3.05, 3.63) is 0 Å². The van der Waals surface area contributed by atoms with Crippen LogP contribution in [-0.2, 0) is 4.79 Å². The summed E-state index contributed by atoms with van der Waals surface area (Å²) in [4.78, 5) is 11.5. The molecule has 0 aromatic carbocycles. The summed E-state index contributed by atoms with van der Waals surface area (Å²) < 4.78 is 0. The van der Waals surface area contributed by atoms with Gasteiger partial charge in [-0.05, 0) is 12.8 Å². The van der Waals surface area contributed by atoms with Gasteiger partial charge >= 0.3 is 0 Å². The third kappa shape index (κ3) is 15.9. The number of hydrogen-bond acceptors (Lipinski definition) is 1. The fraction of sp³-hybridized carbons (Fsp3) is 0.944. The Morgan fingerprint density at radius 3 is 1.65 bits per heavy atom. The monoisotopic (exact) mass is 298 g/mol. The highest BCUT2D eigenvalue weighted by Crippen LogP contribution is 2.16. The standard InChI is InChI=1S/C18H38OSi/c1-5-6-15-18(19)16-13-11-9-7-8-10-12-14-17-20(2,3)4/h5-17H2,1-4H3. The maximum absolute atomic E-state index is 11.5. The van der Waals surface area contributed by atoms with Gasteiger partial charge in [-0.1, -0.05) is 84.0 Å². The van der Waals surface area contributed by atoms with Crippen LogP contribution < -0.4 is 0 Å². The summed E-state index contributed by atoms with van der Waals surface area (Å²) in [6.07, 6.45) is 14.6. The first-order valence-electron chi connectivity index (χ1n) is 8.97. The molecule has 0 bridgehead atoms. The van der Waals surface area contributed by atoms with Crippen LogP contribution in [0.1, 0.15) is 84.0 Å². The van der Waals surface area contributed by atoms with Gasteiger partial charge in [0.15, 0.2) is 0 Å². The third-order valence-electron chi connectivity index (χ3n) is 3.94. The van der Waals surface area contributed by atoms with Crippen LogP contribution in [0.3, 0.4) is 0 Å². The van der Waals surface area contributed by atoms with Crippen molar-refractivity contribution in [2.75, 3.05) is 0 Å². The largest absolute Gasteiger partial charge is 0.300 e. The molecule has 0 heterocycles. The fourth-order valence-corrected chi connectivity index (χ4v) is 3.85. The van der Waals surface area contributed by atoms with E-state index in [1.165, 1.54) is 51.0 Å². The van der Waals surface area contributed by atoms with Gasteiger partial charge in [-0.15, -0.1) is 0 Å². The minimum absolute atomic E-state index is 0.484. The van der Waals surface area contributed by atoms with E-state index in [-0.39, 0.29) is 0 Å². The molecule has 0 aliphatic rings. The Morgan fingerprint density at radius 2 is 1.15 bits per heavy atom. The van der Waals surface area contributed by atoms with Crippen molar-refractivity contribution in [3.63, 3.8) is 0 Å². The second kappa shape index (κ2) is 12.6. The van der Waals surface area contributed by atoms with Gasteiger partial charge in [0, 0.05) is 20.9 Å². The van der Waals surface area contributed by atoms with E-state index >= 15 is 0 Å². The predicted molar refractivity (Wildman–Crippen MR) is 94.2 cm³/mol. The van der Waals surface area contributed by atoms with Crippen molar-refractivity contribution in [2.45, 2.75) is 110 Å². The van der Waals surface area contributed by atoms with Gasteiger partial charge < -0.3 is 0 Å². The predicted octanol–water partition coefficient (Wildman–Crippen LogP) is 6.59. The molecule has 0 unspecified atom stereocenters. The van der Waals surface area contributed by atoms with Crippen LogP contribution in [0.4, 0.5) is 0 Å². The average Bonchev–Trinajstić information content (AvgIpc) is 2.37. The number of Topliss-reactive ketones (excluding diaryl/α,β-unsaturated/α-hetero) is 1. The van der Waals surface area contributed by atoms with Crippen molar-refractivity contribution in [2.24, 2.45) is 0 Å². The van der Waals surface area contributed by atoms with Crippen molar-refractivity contribution in [1.29, 1.82) is 0 Å². The quantitative estimate of drug-likeness (QED) is 0.261. The van der Waals surface area contributed by atoms with Gasteiger partial charge in [0.1, 0.15) is 5.78 Å². The van der Waals surface area contributed by atoms with Crippen LogP contribution >= 0.6 is 0 Å². The highest BCUT2D eigenvalue weighted by molar-refractivity contribution is 6.76. The number of rotatable bonds is 14. The van der Waals surface area contributed by atoms with Crippen LogP contribution in [0.5, 0.6) is 0 Å². The van der Waals surface area contributed by atoms with E-state index in [9.17, 15) is 4.79 Å². The zero-order valence-electron chi connectivity index (χ0n) is 14.6. The van der Waals surface area contributed by atoms with Gasteiger partial charge in [0.2, 0.25) is 0 Å². The first-order valence-corrected chi connectivity index (χ1v) is 12.7. The zero-order valence-corrected chi connectivity index (χ0v) is 15.6. The molecule has 0 spiro atoms. The van der Waals surface area contributed by atoms with Gasteiger partial charge in [-0.3, -0.25) is 4.79 Å². The molecular formula is C18H38OSi. The molecule has 120 valence electrons. The summed E-state index contributed by atoms with van der Waals surface area (Å²) >= 11 is 0. The molecule has 0 aliphatic heterocycles. The van der Waals surface area contributed by atoms with E-state index < -0.39 is 8.07 Å². The van der Waals surface area contributed by atoms with E-state index in [1.807, 2.05) is 0 Å². The minimum atomic E-state index is -0.796. The van der Waals surface area contributed by atoms with E-state index in [4.69, 9.17) is 0 Å². The second-order valence-corrected chi connectivity index (χ2v) is 13.2. The average molecular weight is 299 g/mol. The van der Waals surface area contributed by atoms with Crippen molar-refractivity contribution >= 4 is 13.9 Å². The molecule has 0 amide bonds. The Kier molecular flexibility index (Phi) is 12.5. The summed E-state index contributed by atoms with van der Waals surface area (Å²) in [6.45, 7) is 9.55. The van der Waals surface area contributed by atoms with E-state index in [0.29, 0.717) is 5.78 Å². The number of unbranched alkanes of at least 4 members (excludes halogenated alkanes) is 8. The first-order chi connectivity index (χ1) is 9.45. The Labute approximate surface area is 128 Å². The van der Waals surface area contributed by atoms with Crippen LogP contribution in [0.15, 0.2) is 0 Å². The van der Waals surface area contributed by atoms with Crippen molar-refractivity contribution < 1.29 is 4.79 Å². The van der Waals surface area contributed by atoms with Crippen LogP contribution in [-0.4, -0.2) is 13.9 Å². The molecule has 2 heteroatoms. The lowest BCUT2D eigenvalue weighted by molar-refractivity contribution is -0.119. The lowest BCUT2D eigenvalue weighted by Crippen LogP contribution is -2.18. The summed E-state index contributed by atoms with van der Waals surface area (Å²) in [5.41, 5.74) is 0. The number of ketones is 1. The molecule has 0 rings (SSSR count). The van der Waals surface area contributed by atoms with Crippen LogP contribution in [0.25, 0.3) is 0 Å². The molecule has 0 atom stereocenters. The highest BCUT2D eigenvalue weighted by Gasteiger charge is 2.11. The maximum atomic E-state index is 11.5. The Bertz CT molecular complexity index is 230. The smallest absolute Gasteiger partial charge is 0.132 e. The Hall–Kier alpha value is -0.113. The number of hydrogen-bond donors (Lipinski definition) is 0. The molecule has 20 heavy (non-hydrogen) atoms. The topological polar surface area (TPSA) is 17.1 Å². The molecule has 1 nitrogen and oxygen atoms in total. The molecule has 0 aromatic rings. The molecule has 0 fully saturated rings. The normalized spacial score (nSPS) is 11.8. The SMILES string of the molecule is CCCCC(=O)CCCCCCCCCC[Si](C)(C)C. The summed E-state index contributed by atoms with van der Waals surface area (Å²) in [5, 5.41) is 0. The van der Waals surface area contributed by atoms with Gasteiger partial charge in [-0.2, -0.15) is 0 Å². The summed E-state index contributed by atoms with van der Waals surface area (Å²) in [5.74, 6) is 0.484. The Morgan fingerprint density at radius 1 is 0.700 bits per heavy atom. The van der Waals surface area contributed by atoms with E-state index in [0.717, 1.165) is 32.1 Å². The first kappa shape index (κ1) is 19.9. The molecule has 0 N–H and O–H groups in total. The van der Waals surface area contributed by atoms with Gasteiger partial charge in [0.25, 0.3) is 0 Å². The fourth-order valence-electron chi connectivity index (χ4n) is 2.54. The second-order valence-electron chi connectivity index (χ2n) is 7.53. The van der Waals surface area contributed by atoms with Crippen molar-refractivity contribution in [1.82, 2.24) is 0 Å². The van der Waals surface area contributed by atoms with E-state index in [1.54, 1.807) is 0 Å². The lowest BCUT2D eigenvalue weighted by Gasteiger charge is -2.14. The Balaban J connectivity index is 3.15. The van der Waals surface area contributed by atoms with E-state index in [2.05, 4.69) is 26.6 Å². The molecular weight excluding hydrogens is 260 g/mol. The van der Waals surface area contributed by atoms with Gasteiger partial charge in [-0.25, -0.2) is 0 Å². The van der Waals surface area contributed by atoms with Crippen LogP contribution in [0, 0.1) is 0 Å². The maximum Gasteiger partial charge on any atom is 0.132 e. The molecule has 0 saturated carbocycles. The van der Waals surface area contributed by atoms with Gasteiger partial charge in [0.05, 0.1) is 0 Å². The lowest BCUT2D eigenvalue weighted by atomic mass is 10.0. The van der Waals surface area contributed by atoms with Crippen molar-refractivity contribution in [3.8, 4) is 0 Å². The number of carbonyl (C=O) groups is 1. The zero-order chi connectivity index (χ0) is 15.3. The third-order valence-corrected chi connectivity index (χ3v) is 5.80. The summed E-state index contributed by atoms with van der Waals surface area (Å²) in [6, 6.07) is 1.49. The molecule has 0 saturated heterocycles. The highest BCUT2D eigenvalue weighted by atomic mass is 28.3. The molecule has 0 aromatic heterocycles. The number of carbonyl (C=O) groups excluding carboxylic acids is 1. The van der Waals surface area contributed by atoms with Crippen LogP contribution in [0.2, 0.25) is 25.7 Å². The molecule has 0 radical (unpaired) electrons. The summed E-state index contributed by atoms with van der Waals surface area (Å²) in [7, 11) is -0.796.